The molecule has 0 saturated carbocycles. The second-order valence-corrected chi connectivity index (χ2v) is 5.67. The number of sulfonamides is 1. The smallest absolute Gasteiger partial charge is 0.211 e. The monoisotopic (exact) mass is 246 g/mol. The van der Waals surface area contributed by atoms with E-state index >= 15 is 0 Å². The first-order valence-electron chi connectivity index (χ1n) is 5.43. The van der Waals surface area contributed by atoms with E-state index in [4.69, 9.17) is 4.52 Å². The SMILES string of the molecule is CCCCS(=O)(=O)NCCc1cc(C)on1. The summed E-state index contributed by atoms with van der Waals surface area (Å²) in [6.07, 6.45) is 2.13. The summed E-state index contributed by atoms with van der Waals surface area (Å²) < 4.78 is 30.3. The topological polar surface area (TPSA) is 72.2 Å². The van der Waals surface area contributed by atoms with Gasteiger partial charge in [0, 0.05) is 19.0 Å². The van der Waals surface area contributed by atoms with Gasteiger partial charge in [-0.25, -0.2) is 13.1 Å². The van der Waals surface area contributed by atoms with Crippen LogP contribution >= 0.6 is 0 Å². The van der Waals surface area contributed by atoms with Gasteiger partial charge in [0.2, 0.25) is 10.0 Å². The molecule has 1 N–H and O–H groups in total. The van der Waals surface area contributed by atoms with E-state index in [2.05, 4.69) is 9.88 Å². The van der Waals surface area contributed by atoms with E-state index in [0.29, 0.717) is 19.4 Å². The third-order valence-electron chi connectivity index (χ3n) is 2.15. The summed E-state index contributed by atoms with van der Waals surface area (Å²) in [5, 5.41) is 3.79. The van der Waals surface area contributed by atoms with Crippen molar-refractivity contribution < 1.29 is 12.9 Å². The Bertz CT molecular complexity index is 411. The van der Waals surface area contributed by atoms with Crippen LogP contribution in [0.3, 0.4) is 0 Å². The zero-order valence-electron chi connectivity index (χ0n) is 9.69. The number of aromatic nitrogens is 1. The Hall–Kier alpha value is -0.880. The van der Waals surface area contributed by atoms with Crippen molar-refractivity contribution in [3.63, 3.8) is 0 Å². The van der Waals surface area contributed by atoms with Crippen LogP contribution in [0, 0.1) is 6.92 Å². The molecule has 6 heteroatoms. The highest BCUT2D eigenvalue weighted by molar-refractivity contribution is 7.89. The van der Waals surface area contributed by atoms with E-state index in [1.54, 1.807) is 6.07 Å². The molecule has 1 aromatic heterocycles. The second kappa shape index (κ2) is 6.00. The number of unbranched alkanes of at least 4 members (excludes halogenated alkanes) is 1. The minimum atomic E-state index is -3.12. The summed E-state index contributed by atoms with van der Waals surface area (Å²) in [6.45, 7) is 4.15. The van der Waals surface area contributed by atoms with Crippen LogP contribution in [-0.2, 0) is 16.4 Å². The Balaban J connectivity index is 2.29. The maximum atomic E-state index is 11.4. The Morgan fingerprint density at radius 2 is 2.25 bits per heavy atom. The van der Waals surface area contributed by atoms with Crippen molar-refractivity contribution in [2.24, 2.45) is 0 Å². The van der Waals surface area contributed by atoms with Crippen LogP contribution in [0.5, 0.6) is 0 Å². The van der Waals surface area contributed by atoms with E-state index < -0.39 is 10.0 Å². The molecule has 92 valence electrons. The second-order valence-electron chi connectivity index (χ2n) is 3.75. The van der Waals surface area contributed by atoms with Crippen molar-refractivity contribution in [2.75, 3.05) is 12.3 Å². The lowest BCUT2D eigenvalue weighted by Gasteiger charge is -2.04. The Morgan fingerprint density at radius 3 is 2.81 bits per heavy atom. The zero-order valence-corrected chi connectivity index (χ0v) is 10.5. The molecule has 0 aliphatic carbocycles. The fourth-order valence-electron chi connectivity index (χ4n) is 1.28. The molecule has 1 rings (SSSR count). The third kappa shape index (κ3) is 4.76. The van der Waals surface area contributed by atoms with Gasteiger partial charge in [-0.2, -0.15) is 0 Å². The van der Waals surface area contributed by atoms with Gasteiger partial charge in [-0.3, -0.25) is 0 Å². The quantitative estimate of drug-likeness (QED) is 0.785. The maximum Gasteiger partial charge on any atom is 0.211 e. The molecular formula is C10H18N2O3S. The summed E-state index contributed by atoms with van der Waals surface area (Å²) >= 11 is 0. The van der Waals surface area contributed by atoms with Crippen molar-refractivity contribution in [1.29, 1.82) is 0 Å². The standard InChI is InChI=1S/C10H18N2O3S/c1-3-4-7-16(13,14)11-6-5-10-8-9(2)15-12-10/h8,11H,3-7H2,1-2H3. The minimum absolute atomic E-state index is 0.196. The van der Waals surface area contributed by atoms with Gasteiger partial charge >= 0.3 is 0 Å². The van der Waals surface area contributed by atoms with Crippen LogP contribution < -0.4 is 4.72 Å². The van der Waals surface area contributed by atoms with Gasteiger partial charge in [-0.05, 0) is 13.3 Å². The molecule has 0 atom stereocenters. The third-order valence-corrected chi connectivity index (χ3v) is 3.62. The summed E-state index contributed by atoms with van der Waals surface area (Å²) in [6, 6.07) is 1.81. The average molecular weight is 246 g/mol. The summed E-state index contributed by atoms with van der Waals surface area (Å²) in [7, 11) is -3.12. The van der Waals surface area contributed by atoms with E-state index in [0.717, 1.165) is 17.9 Å². The predicted octanol–water partition coefficient (Wildman–Crippen LogP) is 1.25. The Labute approximate surface area is 96.3 Å². The van der Waals surface area contributed by atoms with Crippen molar-refractivity contribution >= 4 is 10.0 Å². The molecule has 0 amide bonds. The van der Waals surface area contributed by atoms with Crippen LogP contribution in [0.15, 0.2) is 10.6 Å². The lowest BCUT2D eigenvalue weighted by atomic mass is 10.3. The van der Waals surface area contributed by atoms with Crippen LogP contribution in [0.25, 0.3) is 0 Å². The fourth-order valence-corrected chi connectivity index (χ4v) is 2.50. The highest BCUT2D eigenvalue weighted by Gasteiger charge is 2.09. The largest absolute Gasteiger partial charge is 0.361 e. The van der Waals surface area contributed by atoms with Crippen molar-refractivity contribution in [2.45, 2.75) is 33.1 Å². The Morgan fingerprint density at radius 1 is 1.50 bits per heavy atom. The number of rotatable bonds is 7. The van der Waals surface area contributed by atoms with E-state index in [1.165, 1.54) is 0 Å². The van der Waals surface area contributed by atoms with Crippen molar-refractivity contribution in [3.05, 3.63) is 17.5 Å². The molecule has 0 unspecified atom stereocenters. The molecule has 0 aliphatic heterocycles. The molecule has 0 fully saturated rings. The molecule has 0 radical (unpaired) electrons. The lowest BCUT2D eigenvalue weighted by Crippen LogP contribution is -2.28. The normalized spacial score (nSPS) is 11.9. The van der Waals surface area contributed by atoms with Crippen LogP contribution in [0.1, 0.15) is 31.2 Å². The van der Waals surface area contributed by atoms with E-state index in [-0.39, 0.29) is 5.75 Å². The summed E-state index contributed by atoms with van der Waals surface area (Å²) in [4.78, 5) is 0. The van der Waals surface area contributed by atoms with Gasteiger partial charge < -0.3 is 4.52 Å². The molecule has 0 aliphatic rings. The Kier molecular flexibility index (Phi) is 4.95. The van der Waals surface area contributed by atoms with E-state index in [9.17, 15) is 8.42 Å². The molecule has 1 aromatic rings. The van der Waals surface area contributed by atoms with Gasteiger partial charge in [0.25, 0.3) is 0 Å². The van der Waals surface area contributed by atoms with Crippen molar-refractivity contribution in [1.82, 2.24) is 9.88 Å². The first kappa shape index (κ1) is 13.2. The van der Waals surface area contributed by atoms with Gasteiger partial charge in [-0.1, -0.05) is 18.5 Å². The zero-order chi connectivity index (χ0) is 12.0. The van der Waals surface area contributed by atoms with Crippen LogP contribution in [-0.4, -0.2) is 25.9 Å². The molecule has 1 heterocycles. The molecule has 0 aromatic carbocycles. The summed E-state index contributed by atoms with van der Waals surface area (Å²) in [5.74, 6) is 0.935. The minimum Gasteiger partial charge on any atom is -0.361 e. The lowest BCUT2D eigenvalue weighted by molar-refractivity contribution is 0.390. The number of hydrogen-bond acceptors (Lipinski definition) is 4. The number of nitrogens with zero attached hydrogens (tertiary/aromatic N) is 1. The highest BCUT2D eigenvalue weighted by atomic mass is 32.2. The van der Waals surface area contributed by atoms with Crippen LogP contribution in [0.2, 0.25) is 0 Å². The molecular weight excluding hydrogens is 228 g/mol. The van der Waals surface area contributed by atoms with Gasteiger partial charge in [0.05, 0.1) is 11.4 Å². The number of hydrogen-bond donors (Lipinski definition) is 1. The van der Waals surface area contributed by atoms with Crippen molar-refractivity contribution in [3.8, 4) is 0 Å². The predicted molar refractivity (Wildman–Crippen MR) is 61.6 cm³/mol. The molecule has 5 nitrogen and oxygen atoms in total. The highest BCUT2D eigenvalue weighted by Crippen LogP contribution is 2.02. The van der Waals surface area contributed by atoms with Gasteiger partial charge in [-0.15, -0.1) is 0 Å². The number of nitrogens with one attached hydrogen (secondary N) is 1. The molecule has 16 heavy (non-hydrogen) atoms. The molecule has 0 spiro atoms. The average Bonchev–Trinajstić information content (AvgIpc) is 2.61. The van der Waals surface area contributed by atoms with Gasteiger partial charge in [0.15, 0.2) is 0 Å². The molecule has 0 saturated heterocycles. The molecule has 0 bridgehead atoms. The number of aryl methyl sites for hydroxylation is 1. The fraction of sp³-hybridized carbons (Fsp3) is 0.700. The maximum absolute atomic E-state index is 11.4. The summed E-state index contributed by atoms with van der Waals surface area (Å²) in [5.41, 5.74) is 0.774. The van der Waals surface area contributed by atoms with Gasteiger partial charge in [0.1, 0.15) is 5.76 Å². The van der Waals surface area contributed by atoms with Crippen LogP contribution in [0.4, 0.5) is 0 Å². The first-order chi connectivity index (χ1) is 7.53. The first-order valence-corrected chi connectivity index (χ1v) is 7.08. The van der Waals surface area contributed by atoms with E-state index in [1.807, 2.05) is 13.8 Å².